The van der Waals surface area contributed by atoms with Crippen LogP contribution in [-0.4, -0.2) is 16.4 Å². The highest BCUT2D eigenvalue weighted by atomic mass is 35.5. The number of halogens is 3. The fourth-order valence-corrected chi connectivity index (χ4v) is 4.03. The molecule has 0 heterocycles. The number of aryl methyl sites for hydroxylation is 1. The standard InChI is InChI=1S/C23H28Cl2FNO2S/c1-3-4-5-6-7-10-16-29-20-14-11-13-19(17-20)27(30-23(24,25)26)22(28)21-15-9-8-12-18(21)2/h8-9,11-15,17H,3-7,10,16H2,1-2H3. The highest BCUT2D eigenvalue weighted by molar-refractivity contribution is 8.05. The fraction of sp³-hybridized carbons (Fsp3) is 0.435. The first kappa shape index (κ1) is 24.8. The van der Waals surface area contributed by atoms with Gasteiger partial charge in [0, 0.05) is 23.6 Å². The maximum Gasteiger partial charge on any atom is 0.324 e. The van der Waals surface area contributed by atoms with Crippen LogP contribution in [0.2, 0.25) is 0 Å². The summed E-state index contributed by atoms with van der Waals surface area (Å²) in [5.74, 6) is 0.201. The molecule has 2 rings (SSSR count). The molecule has 0 saturated carbocycles. The van der Waals surface area contributed by atoms with Gasteiger partial charge in [0.15, 0.2) is 0 Å². The Morgan fingerprint density at radius 2 is 1.77 bits per heavy atom. The summed E-state index contributed by atoms with van der Waals surface area (Å²) in [6.45, 7) is 4.61. The van der Waals surface area contributed by atoms with Crippen molar-refractivity contribution < 1.29 is 13.9 Å². The van der Waals surface area contributed by atoms with Crippen molar-refractivity contribution in [2.75, 3.05) is 10.9 Å². The quantitative estimate of drug-likeness (QED) is 0.178. The van der Waals surface area contributed by atoms with Crippen LogP contribution in [0.1, 0.15) is 61.4 Å². The predicted molar refractivity (Wildman–Crippen MR) is 126 cm³/mol. The lowest BCUT2D eigenvalue weighted by atomic mass is 10.1. The number of carbonyl (C=O) groups is 1. The normalized spacial score (nSPS) is 11.4. The van der Waals surface area contributed by atoms with E-state index < -0.39 is 9.83 Å². The lowest BCUT2D eigenvalue weighted by molar-refractivity contribution is 0.101. The minimum absolute atomic E-state index is 0.407. The summed E-state index contributed by atoms with van der Waals surface area (Å²) in [5.41, 5.74) is 1.66. The maximum atomic E-state index is 14.0. The Hall–Kier alpha value is -1.43. The second-order valence-corrected chi connectivity index (χ2v) is 9.86. The molecule has 2 aromatic rings. The monoisotopic (exact) mass is 471 g/mol. The van der Waals surface area contributed by atoms with Crippen LogP contribution in [-0.2, 0) is 0 Å². The molecule has 30 heavy (non-hydrogen) atoms. The Balaban J connectivity index is 2.10. The van der Waals surface area contributed by atoms with Gasteiger partial charge in [0.25, 0.3) is 5.91 Å². The maximum absolute atomic E-state index is 14.0. The molecule has 0 fully saturated rings. The molecular weight excluding hydrogens is 444 g/mol. The minimum Gasteiger partial charge on any atom is -0.494 e. The summed E-state index contributed by atoms with van der Waals surface area (Å²) >= 11 is 11.6. The largest absolute Gasteiger partial charge is 0.494 e. The van der Waals surface area contributed by atoms with Crippen LogP contribution < -0.4 is 9.04 Å². The number of nitrogens with zero attached hydrogens (tertiary/aromatic N) is 1. The van der Waals surface area contributed by atoms with Crippen LogP contribution in [0, 0.1) is 6.92 Å². The molecule has 1 amide bonds. The summed E-state index contributed by atoms with van der Waals surface area (Å²) in [6.07, 6.45) is 7.03. The molecular formula is C23H28Cl2FNO2S. The van der Waals surface area contributed by atoms with Crippen LogP contribution in [0.3, 0.4) is 0 Å². The van der Waals surface area contributed by atoms with Crippen molar-refractivity contribution in [3.63, 3.8) is 0 Å². The van der Waals surface area contributed by atoms with E-state index in [9.17, 15) is 9.18 Å². The van der Waals surface area contributed by atoms with Crippen LogP contribution in [0.15, 0.2) is 48.5 Å². The smallest absolute Gasteiger partial charge is 0.324 e. The number of rotatable bonds is 12. The van der Waals surface area contributed by atoms with Gasteiger partial charge in [0.1, 0.15) is 5.75 Å². The second kappa shape index (κ2) is 12.4. The molecule has 0 unspecified atom stereocenters. The number of hydrogen-bond acceptors (Lipinski definition) is 3. The molecule has 164 valence electrons. The molecule has 0 saturated heterocycles. The van der Waals surface area contributed by atoms with Gasteiger partial charge in [-0.25, -0.2) is 4.31 Å². The molecule has 0 aromatic heterocycles. The van der Waals surface area contributed by atoms with Crippen molar-refractivity contribution in [1.29, 1.82) is 0 Å². The highest BCUT2D eigenvalue weighted by Gasteiger charge is 2.32. The summed E-state index contributed by atoms with van der Waals surface area (Å²) in [5, 5.41) is 0. The van der Waals surface area contributed by atoms with Crippen LogP contribution in [0.25, 0.3) is 0 Å². The predicted octanol–water partition coefficient (Wildman–Crippen LogP) is 8.09. The fourth-order valence-electron chi connectivity index (χ4n) is 3.01. The Kier molecular flexibility index (Phi) is 10.3. The zero-order chi connectivity index (χ0) is 22.0. The number of hydrogen-bond donors (Lipinski definition) is 0. The zero-order valence-electron chi connectivity index (χ0n) is 17.4. The number of ether oxygens (including phenoxy) is 1. The van der Waals surface area contributed by atoms with Crippen molar-refractivity contribution >= 4 is 46.7 Å². The Morgan fingerprint density at radius 3 is 2.47 bits per heavy atom. The summed E-state index contributed by atoms with van der Waals surface area (Å²) in [4.78, 5) is 13.1. The molecule has 0 aliphatic carbocycles. The van der Waals surface area contributed by atoms with Crippen LogP contribution >= 0.6 is 35.1 Å². The topological polar surface area (TPSA) is 29.5 Å². The Bertz CT molecular complexity index is 814. The van der Waals surface area contributed by atoms with Crippen molar-refractivity contribution in [3.05, 3.63) is 59.7 Å². The van der Waals surface area contributed by atoms with Gasteiger partial charge in [0.05, 0.1) is 12.3 Å². The van der Waals surface area contributed by atoms with Gasteiger partial charge in [-0.05, 0) is 37.1 Å². The first-order chi connectivity index (χ1) is 14.3. The lowest BCUT2D eigenvalue weighted by Crippen LogP contribution is -2.27. The molecule has 0 bridgehead atoms. The van der Waals surface area contributed by atoms with Gasteiger partial charge in [-0.15, -0.1) is 0 Å². The summed E-state index contributed by atoms with van der Waals surface area (Å²) in [6, 6.07) is 14.1. The van der Waals surface area contributed by atoms with Crippen molar-refractivity contribution in [3.8, 4) is 5.75 Å². The van der Waals surface area contributed by atoms with Gasteiger partial charge in [-0.3, -0.25) is 4.79 Å². The average molecular weight is 472 g/mol. The van der Waals surface area contributed by atoms with E-state index in [2.05, 4.69) is 6.92 Å². The van der Waals surface area contributed by atoms with E-state index in [1.165, 1.54) is 30.0 Å². The third-order valence-corrected chi connectivity index (χ3v) is 5.75. The number of amides is 1. The van der Waals surface area contributed by atoms with E-state index in [4.69, 9.17) is 27.9 Å². The van der Waals surface area contributed by atoms with E-state index in [0.29, 0.717) is 35.6 Å². The highest BCUT2D eigenvalue weighted by Crippen LogP contribution is 2.42. The van der Waals surface area contributed by atoms with Crippen molar-refractivity contribution in [1.82, 2.24) is 0 Å². The number of alkyl halides is 3. The molecule has 0 N–H and O–H groups in total. The Labute approximate surface area is 193 Å². The lowest BCUT2D eigenvalue weighted by Gasteiger charge is -2.25. The second-order valence-electron chi connectivity index (χ2n) is 7.07. The van der Waals surface area contributed by atoms with Gasteiger partial charge in [-0.1, -0.05) is 86.5 Å². The van der Waals surface area contributed by atoms with Crippen molar-refractivity contribution in [2.24, 2.45) is 0 Å². The van der Waals surface area contributed by atoms with Crippen LogP contribution in [0.5, 0.6) is 5.75 Å². The third-order valence-electron chi connectivity index (χ3n) is 4.57. The molecule has 2 aromatic carbocycles. The summed E-state index contributed by atoms with van der Waals surface area (Å²) in [7, 11) is 0. The van der Waals surface area contributed by atoms with E-state index >= 15 is 0 Å². The Morgan fingerprint density at radius 1 is 1.07 bits per heavy atom. The average Bonchev–Trinajstić information content (AvgIpc) is 2.71. The number of unbranched alkanes of at least 4 members (excludes halogenated alkanes) is 5. The molecule has 3 nitrogen and oxygen atoms in total. The van der Waals surface area contributed by atoms with E-state index in [1.807, 2.05) is 25.1 Å². The van der Waals surface area contributed by atoms with E-state index in [-0.39, 0.29) is 0 Å². The first-order valence-electron chi connectivity index (χ1n) is 10.2. The third kappa shape index (κ3) is 8.37. The zero-order valence-corrected chi connectivity index (χ0v) is 19.7. The molecule has 0 aliphatic rings. The van der Waals surface area contributed by atoms with Gasteiger partial charge < -0.3 is 4.74 Å². The van der Waals surface area contributed by atoms with E-state index in [1.54, 1.807) is 30.3 Å². The van der Waals surface area contributed by atoms with Gasteiger partial charge in [-0.2, -0.15) is 4.39 Å². The summed E-state index contributed by atoms with van der Waals surface area (Å²) < 4.78 is 18.4. The number of benzene rings is 2. The molecule has 0 spiro atoms. The molecule has 0 aliphatic heterocycles. The molecule has 0 radical (unpaired) electrons. The minimum atomic E-state index is -2.66. The number of anilines is 1. The first-order valence-corrected chi connectivity index (χ1v) is 11.7. The van der Waals surface area contributed by atoms with Gasteiger partial charge in [0.2, 0.25) is 0 Å². The van der Waals surface area contributed by atoms with Gasteiger partial charge >= 0.3 is 3.92 Å². The van der Waals surface area contributed by atoms with Crippen molar-refractivity contribution in [2.45, 2.75) is 56.3 Å². The molecule has 7 heteroatoms. The molecule has 0 atom stereocenters. The van der Waals surface area contributed by atoms with Crippen LogP contribution in [0.4, 0.5) is 10.1 Å². The number of carbonyl (C=O) groups excluding carboxylic acids is 1. The van der Waals surface area contributed by atoms with E-state index in [0.717, 1.165) is 18.4 Å². The SMILES string of the molecule is CCCCCCCCOc1cccc(N(SC(F)(Cl)Cl)C(=O)c2ccccc2C)c1.